The summed E-state index contributed by atoms with van der Waals surface area (Å²) in [6.45, 7) is 3.60. The number of carbonyl (C=O) groups excluding carboxylic acids is 2. The average Bonchev–Trinajstić information content (AvgIpc) is 3.04. The van der Waals surface area contributed by atoms with E-state index in [9.17, 15) is 14.0 Å². The van der Waals surface area contributed by atoms with Crippen molar-refractivity contribution in [2.75, 3.05) is 0 Å². The van der Waals surface area contributed by atoms with E-state index in [1.165, 1.54) is 24.3 Å². The van der Waals surface area contributed by atoms with Crippen LogP contribution in [0.5, 0.6) is 0 Å². The van der Waals surface area contributed by atoms with Crippen molar-refractivity contribution < 1.29 is 14.0 Å². The number of carbonyl (C=O) groups is 2. The Kier molecular flexibility index (Phi) is 3.60. The summed E-state index contributed by atoms with van der Waals surface area (Å²) in [5.74, 6) is -0.404. The number of rotatable bonds is 5. The van der Waals surface area contributed by atoms with E-state index in [1.807, 2.05) is 0 Å². The summed E-state index contributed by atoms with van der Waals surface area (Å²) in [4.78, 5) is 23.7. The third-order valence-electron chi connectivity index (χ3n) is 3.69. The van der Waals surface area contributed by atoms with Crippen LogP contribution < -0.4 is 0 Å². The van der Waals surface area contributed by atoms with Crippen molar-refractivity contribution in [2.45, 2.75) is 26.7 Å². The Labute approximate surface area is 106 Å². The molecule has 1 aliphatic rings. The Morgan fingerprint density at radius 1 is 1.17 bits per heavy atom. The molecule has 3 unspecified atom stereocenters. The van der Waals surface area contributed by atoms with E-state index in [2.05, 4.69) is 6.92 Å². The second kappa shape index (κ2) is 5.01. The van der Waals surface area contributed by atoms with Gasteiger partial charge in [0, 0.05) is 17.4 Å². The van der Waals surface area contributed by atoms with E-state index in [4.69, 9.17) is 0 Å². The van der Waals surface area contributed by atoms with Gasteiger partial charge in [0.1, 0.15) is 11.6 Å². The lowest BCUT2D eigenvalue weighted by Crippen LogP contribution is -2.06. The fourth-order valence-electron chi connectivity index (χ4n) is 2.78. The summed E-state index contributed by atoms with van der Waals surface area (Å²) < 4.78 is 12.8. The summed E-state index contributed by atoms with van der Waals surface area (Å²) in [6.07, 6.45) is 1.88. The molecule has 0 spiro atoms. The van der Waals surface area contributed by atoms with Gasteiger partial charge in [-0.25, -0.2) is 4.39 Å². The largest absolute Gasteiger partial charge is 0.300 e. The van der Waals surface area contributed by atoms with Gasteiger partial charge in [-0.05, 0) is 43.5 Å². The molecule has 1 saturated carbocycles. The maximum atomic E-state index is 12.8. The highest BCUT2D eigenvalue weighted by Crippen LogP contribution is 2.51. The standard InChI is InChI=1S/C15H17FO2/c1-3-4-12-13(9(2)17)14(12)15(18)10-5-7-11(16)8-6-10/h5-8,12-14H,3-4H2,1-2H3. The van der Waals surface area contributed by atoms with Gasteiger partial charge in [0.15, 0.2) is 5.78 Å². The molecule has 1 aromatic carbocycles. The minimum absolute atomic E-state index is 0.0198. The van der Waals surface area contributed by atoms with Gasteiger partial charge in [0.25, 0.3) is 0 Å². The molecular weight excluding hydrogens is 231 g/mol. The lowest BCUT2D eigenvalue weighted by Gasteiger charge is -1.99. The quantitative estimate of drug-likeness (QED) is 0.749. The molecule has 0 aromatic heterocycles. The molecule has 2 rings (SSSR count). The highest BCUT2D eigenvalue weighted by Gasteiger charge is 2.56. The second-order valence-electron chi connectivity index (χ2n) is 4.99. The summed E-state index contributed by atoms with van der Waals surface area (Å²) in [5.41, 5.74) is 0.506. The normalized spacial score (nSPS) is 25.8. The van der Waals surface area contributed by atoms with Crippen LogP contribution in [0.3, 0.4) is 0 Å². The van der Waals surface area contributed by atoms with Crippen LogP contribution in [-0.4, -0.2) is 11.6 Å². The van der Waals surface area contributed by atoms with Crippen LogP contribution in [0.2, 0.25) is 0 Å². The monoisotopic (exact) mass is 248 g/mol. The second-order valence-corrected chi connectivity index (χ2v) is 4.99. The Morgan fingerprint density at radius 2 is 1.78 bits per heavy atom. The van der Waals surface area contributed by atoms with Crippen molar-refractivity contribution in [1.82, 2.24) is 0 Å². The molecule has 0 aliphatic heterocycles. The highest BCUT2D eigenvalue weighted by atomic mass is 19.1. The van der Waals surface area contributed by atoms with Crippen LogP contribution in [-0.2, 0) is 4.79 Å². The number of halogens is 1. The van der Waals surface area contributed by atoms with E-state index >= 15 is 0 Å². The van der Waals surface area contributed by atoms with Gasteiger partial charge >= 0.3 is 0 Å². The predicted octanol–water partition coefficient (Wildman–Crippen LogP) is 3.26. The molecule has 18 heavy (non-hydrogen) atoms. The maximum Gasteiger partial charge on any atom is 0.166 e. The van der Waals surface area contributed by atoms with Gasteiger partial charge in [0.2, 0.25) is 0 Å². The summed E-state index contributed by atoms with van der Waals surface area (Å²) >= 11 is 0. The molecule has 0 heterocycles. The SMILES string of the molecule is CCCC1C(C(C)=O)C1C(=O)c1ccc(F)cc1. The van der Waals surface area contributed by atoms with Crippen LogP contribution in [0.15, 0.2) is 24.3 Å². The molecule has 1 aliphatic carbocycles. The van der Waals surface area contributed by atoms with Crippen molar-refractivity contribution in [2.24, 2.45) is 17.8 Å². The number of ketones is 2. The molecule has 96 valence electrons. The van der Waals surface area contributed by atoms with Crippen molar-refractivity contribution in [3.63, 3.8) is 0 Å². The first-order chi connectivity index (χ1) is 8.56. The molecule has 0 N–H and O–H groups in total. The average molecular weight is 248 g/mol. The highest BCUT2D eigenvalue weighted by molar-refractivity contribution is 6.04. The fraction of sp³-hybridized carbons (Fsp3) is 0.467. The van der Waals surface area contributed by atoms with Crippen LogP contribution in [0.25, 0.3) is 0 Å². The minimum Gasteiger partial charge on any atom is -0.300 e. The third-order valence-corrected chi connectivity index (χ3v) is 3.69. The molecule has 1 fully saturated rings. The smallest absolute Gasteiger partial charge is 0.166 e. The lowest BCUT2D eigenvalue weighted by molar-refractivity contribution is -0.118. The maximum absolute atomic E-state index is 12.8. The molecule has 3 atom stereocenters. The van der Waals surface area contributed by atoms with Crippen LogP contribution in [0.4, 0.5) is 4.39 Å². The molecule has 0 bridgehead atoms. The van der Waals surface area contributed by atoms with Gasteiger partial charge in [-0.1, -0.05) is 13.3 Å². The van der Waals surface area contributed by atoms with Gasteiger partial charge in [-0.2, -0.15) is 0 Å². The first-order valence-electron chi connectivity index (χ1n) is 6.36. The number of hydrogen-bond acceptors (Lipinski definition) is 2. The van der Waals surface area contributed by atoms with Crippen molar-refractivity contribution in [3.05, 3.63) is 35.6 Å². The lowest BCUT2D eigenvalue weighted by atomic mass is 10.0. The molecule has 3 heteroatoms. The van der Waals surface area contributed by atoms with E-state index < -0.39 is 0 Å². The molecular formula is C15H17FO2. The summed E-state index contributed by atoms with van der Waals surface area (Å²) in [5, 5.41) is 0. The van der Waals surface area contributed by atoms with Crippen LogP contribution >= 0.6 is 0 Å². The zero-order valence-electron chi connectivity index (χ0n) is 10.7. The topological polar surface area (TPSA) is 34.1 Å². The Balaban J connectivity index is 2.14. The van der Waals surface area contributed by atoms with E-state index in [1.54, 1.807) is 6.92 Å². The third kappa shape index (κ3) is 2.35. The molecule has 0 amide bonds. The Hall–Kier alpha value is -1.51. The Bertz CT molecular complexity index is 464. The minimum atomic E-state index is -0.351. The van der Waals surface area contributed by atoms with Crippen LogP contribution in [0.1, 0.15) is 37.0 Å². The number of hydrogen-bond donors (Lipinski definition) is 0. The zero-order chi connectivity index (χ0) is 13.3. The number of Topliss-reactive ketones (excluding diaryl/α,β-unsaturated/α-hetero) is 2. The summed E-state index contributed by atoms with van der Waals surface area (Å²) in [6, 6.07) is 5.56. The first-order valence-corrected chi connectivity index (χ1v) is 6.36. The van der Waals surface area contributed by atoms with Gasteiger partial charge in [-0.15, -0.1) is 0 Å². The number of benzene rings is 1. The van der Waals surface area contributed by atoms with Gasteiger partial charge < -0.3 is 0 Å². The van der Waals surface area contributed by atoms with Crippen molar-refractivity contribution in [1.29, 1.82) is 0 Å². The Morgan fingerprint density at radius 3 is 2.28 bits per heavy atom. The van der Waals surface area contributed by atoms with Gasteiger partial charge in [-0.3, -0.25) is 9.59 Å². The zero-order valence-corrected chi connectivity index (χ0v) is 10.7. The predicted molar refractivity (Wildman–Crippen MR) is 66.8 cm³/mol. The molecule has 0 saturated heterocycles. The van der Waals surface area contributed by atoms with E-state index in [0.29, 0.717) is 5.56 Å². The molecule has 0 radical (unpaired) electrons. The van der Waals surface area contributed by atoms with E-state index in [-0.39, 0.29) is 35.1 Å². The fourth-order valence-corrected chi connectivity index (χ4v) is 2.78. The summed E-state index contributed by atoms with van der Waals surface area (Å²) in [7, 11) is 0. The molecule has 2 nitrogen and oxygen atoms in total. The molecule has 1 aromatic rings. The van der Waals surface area contributed by atoms with E-state index in [0.717, 1.165) is 12.8 Å². The van der Waals surface area contributed by atoms with Crippen molar-refractivity contribution in [3.8, 4) is 0 Å². The first kappa shape index (κ1) is 12.9. The van der Waals surface area contributed by atoms with Gasteiger partial charge in [0.05, 0.1) is 0 Å². The van der Waals surface area contributed by atoms with Crippen molar-refractivity contribution >= 4 is 11.6 Å². The van der Waals surface area contributed by atoms with Crippen LogP contribution in [0, 0.1) is 23.6 Å².